The molecule has 2 aromatic carbocycles. The van der Waals surface area contributed by atoms with Crippen molar-refractivity contribution in [1.29, 1.82) is 0 Å². The summed E-state index contributed by atoms with van der Waals surface area (Å²) in [7, 11) is 0. The summed E-state index contributed by atoms with van der Waals surface area (Å²) < 4.78 is 6.97. The number of para-hydroxylation sites is 1. The van der Waals surface area contributed by atoms with E-state index in [0.29, 0.717) is 16.4 Å². The van der Waals surface area contributed by atoms with Crippen LogP contribution in [0.2, 0.25) is 0 Å². The predicted molar refractivity (Wildman–Crippen MR) is 88.0 cm³/mol. The molecular formula is C18H17NO4. The Kier molecular flexibility index (Phi) is 3.36. The predicted octanol–water partition coefficient (Wildman–Crippen LogP) is 4.28. The summed E-state index contributed by atoms with van der Waals surface area (Å²) in [5, 5.41) is 10.7. The Bertz CT molecular complexity index is 931. The lowest BCUT2D eigenvalue weighted by Gasteiger charge is -2.20. The van der Waals surface area contributed by atoms with Crippen LogP contribution in [0.1, 0.15) is 31.1 Å². The van der Waals surface area contributed by atoms with Crippen molar-refractivity contribution < 1.29 is 19.4 Å². The second-order valence-electron chi connectivity index (χ2n) is 6.37. The summed E-state index contributed by atoms with van der Waals surface area (Å²) in [4.78, 5) is 23.8. The number of hydrogen-bond acceptors (Lipinski definition) is 3. The third kappa shape index (κ3) is 2.65. The number of nitrogens with zero attached hydrogens (tertiary/aromatic N) is 1. The molecule has 5 heteroatoms. The van der Waals surface area contributed by atoms with Crippen molar-refractivity contribution in [3.05, 3.63) is 48.0 Å². The molecule has 118 valence electrons. The number of hydrogen-bond donors (Lipinski definition) is 1. The molecule has 0 bridgehead atoms. The minimum absolute atomic E-state index is 0.185. The average Bonchev–Trinajstić information content (AvgIpc) is 2.79. The number of carboxylic acids is 1. The molecule has 0 aliphatic carbocycles. The van der Waals surface area contributed by atoms with Crippen molar-refractivity contribution >= 4 is 33.9 Å². The van der Waals surface area contributed by atoms with Gasteiger partial charge in [-0.2, -0.15) is 0 Å². The van der Waals surface area contributed by atoms with E-state index in [-0.39, 0.29) is 5.56 Å². The third-order valence-corrected chi connectivity index (χ3v) is 3.50. The molecule has 0 aliphatic heterocycles. The number of aromatic nitrogens is 1. The summed E-state index contributed by atoms with van der Waals surface area (Å²) in [6, 6.07) is 12.1. The highest BCUT2D eigenvalue weighted by molar-refractivity contribution is 6.13. The highest BCUT2D eigenvalue weighted by Crippen LogP contribution is 2.30. The van der Waals surface area contributed by atoms with Crippen LogP contribution in [0.4, 0.5) is 4.79 Å². The number of aromatic carboxylic acids is 1. The van der Waals surface area contributed by atoms with Crippen molar-refractivity contribution in [2.75, 3.05) is 0 Å². The fraction of sp³-hybridized carbons (Fsp3) is 0.222. The Morgan fingerprint density at radius 3 is 2.30 bits per heavy atom. The van der Waals surface area contributed by atoms with Gasteiger partial charge in [0.25, 0.3) is 0 Å². The highest BCUT2D eigenvalue weighted by atomic mass is 16.6. The number of carbonyl (C=O) groups excluding carboxylic acids is 1. The van der Waals surface area contributed by atoms with Gasteiger partial charge in [0.05, 0.1) is 16.6 Å². The van der Waals surface area contributed by atoms with Crippen molar-refractivity contribution in [3.8, 4) is 0 Å². The van der Waals surface area contributed by atoms with Gasteiger partial charge >= 0.3 is 12.1 Å². The lowest BCUT2D eigenvalue weighted by atomic mass is 10.1. The number of carbonyl (C=O) groups is 2. The highest BCUT2D eigenvalue weighted by Gasteiger charge is 2.22. The standard InChI is InChI=1S/C18H17NO4/c1-18(2,3)23-17(22)19-14-7-5-4-6-12(14)13-10-11(16(20)21)8-9-15(13)19/h4-10H,1-3H3,(H,20,21). The molecule has 0 aliphatic rings. The van der Waals surface area contributed by atoms with E-state index in [2.05, 4.69) is 0 Å². The topological polar surface area (TPSA) is 68.5 Å². The van der Waals surface area contributed by atoms with E-state index in [9.17, 15) is 14.7 Å². The van der Waals surface area contributed by atoms with E-state index in [4.69, 9.17) is 4.74 Å². The second kappa shape index (κ2) is 5.12. The molecule has 0 spiro atoms. The van der Waals surface area contributed by atoms with Gasteiger partial charge in [0, 0.05) is 10.8 Å². The summed E-state index contributed by atoms with van der Waals surface area (Å²) in [6.07, 6.45) is -0.480. The molecule has 5 nitrogen and oxygen atoms in total. The summed E-state index contributed by atoms with van der Waals surface area (Å²) in [5.74, 6) is -0.999. The Hall–Kier alpha value is -2.82. The summed E-state index contributed by atoms with van der Waals surface area (Å²) in [6.45, 7) is 5.42. The van der Waals surface area contributed by atoms with E-state index in [1.54, 1.807) is 32.9 Å². The Balaban J connectivity index is 2.31. The Labute approximate surface area is 133 Å². The van der Waals surface area contributed by atoms with Crippen LogP contribution in [0.5, 0.6) is 0 Å². The third-order valence-electron chi connectivity index (χ3n) is 3.50. The SMILES string of the molecule is CC(C)(C)OC(=O)n1c2ccccc2c2cc(C(=O)O)ccc21. The first-order valence-electron chi connectivity index (χ1n) is 7.28. The van der Waals surface area contributed by atoms with Gasteiger partial charge in [0.2, 0.25) is 0 Å². The molecule has 0 amide bonds. The average molecular weight is 311 g/mol. The van der Waals surface area contributed by atoms with Crippen LogP contribution in [-0.4, -0.2) is 27.3 Å². The van der Waals surface area contributed by atoms with Crippen LogP contribution in [0.25, 0.3) is 21.8 Å². The first-order valence-corrected chi connectivity index (χ1v) is 7.28. The van der Waals surface area contributed by atoms with Crippen molar-refractivity contribution in [2.24, 2.45) is 0 Å². The van der Waals surface area contributed by atoms with Gasteiger partial charge in [-0.15, -0.1) is 0 Å². The monoisotopic (exact) mass is 311 g/mol. The maximum atomic E-state index is 12.6. The van der Waals surface area contributed by atoms with Crippen LogP contribution in [0.15, 0.2) is 42.5 Å². The molecule has 3 rings (SSSR count). The first-order chi connectivity index (χ1) is 10.8. The van der Waals surface area contributed by atoms with E-state index in [1.165, 1.54) is 10.6 Å². The fourth-order valence-electron chi connectivity index (χ4n) is 2.61. The number of rotatable bonds is 1. The molecule has 0 fully saturated rings. The quantitative estimate of drug-likeness (QED) is 0.728. The molecular weight excluding hydrogens is 294 g/mol. The number of ether oxygens (including phenoxy) is 1. The zero-order chi connectivity index (χ0) is 16.8. The molecule has 1 aromatic heterocycles. The van der Waals surface area contributed by atoms with Gasteiger partial charge in [0.1, 0.15) is 5.60 Å². The molecule has 3 aromatic rings. The van der Waals surface area contributed by atoms with Crippen LogP contribution in [0, 0.1) is 0 Å². The second-order valence-corrected chi connectivity index (χ2v) is 6.37. The zero-order valence-corrected chi connectivity index (χ0v) is 13.2. The fourth-order valence-corrected chi connectivity index (χ4v) is 2.61. The van der Waals surface area contributed by atoms with Gasteiger partial charge < -0.3 is 9.84 Å². The minimum Gasteiger partial charge on any atom is -0.478 e. The normalized spacial score (nSPS) is 11.8. The van der Waals surface area contributed by atoms with Crippen molar-refractivity contribution in [1.82, 2.24) is 4.57 Å². The lowest BCUT2D eigenvalue weighted by Crippen LogP contribution is -2.27. The number of fused-ring (bicyclic) bond motifs is 3. The summed E-state index contributed by atoms with van der Waals surface area (Å²) >= 11 is 0. The van der Waals surface area contributed by atoms with Crippen molar-refractivity contribution in [3.63, 3.8) is 0 Å². The zero-order valence-electron chi connectivity index (χ0n) is 13.2. The minimum atomic E-state index is -0.999. The molecule has 0 atom stereocenters. The van der Waals surface area contributed by atoms with E-state index in [1.807, 2.05) is 24.3 Å². The molecule has 0 unspecified atom stereocenters. The van der Waals surface area contributed by atoms with Crippen LogP contribution in [0.3, 0.4) is 0 Å². The van der Waals surface area contributed by atoms with Crippen LogP contribution < -0.4 is 0 Å². The van der Waals surface area contributed by atoms with Crippen LogP contribution in [-0.2, 0) is 4.74 Å². The van der Waals surface area contributed by atoms with Gasteiger partial charge in [0.15, 0.2) is 0 Å². The number of carboxylic acid groups (broad SMARTS) is 1. The molecule has 1 heterocycles. The van der Waals surface area contributed by atoms with Crippen molar-refractivity contribution in [2.45, 2.75) is 26.4 Å². The maximum absolute atomic E-state index is 12.6. The largest absolute Gasteiger partial charge is 0.478 e. The molecule has 0 radical (unpaired) electrons. The van der Waals surface area contributed by atoms with Gasteiger partial charge in [-0.1, -0.05) is 18.2 Å². The van der Waals surface area contributed by atoms with E-state index in [0.717, 1.165) is 5.39 Å². The molecule has 0 saturated carbocycles. The Morgan fingerprint density at radius 2 is 1.65 bits per heavy atom. The van der Waals surface area contributed by atoms with E-state index < -0.39 is 17.7 Å². The number of benzene rings is 2. The molecule has 23 heavy (non-hydrogen) atoms. The molecule has 0 saturated heterocycles. The van der Waals surface area contributed by atoms with Gasteiger partial charge in [-0.25, -0.2) is 14.2 Å². The smallest absolute Gasteiger partial charge is 0.419 e. The van der Waals surface area contributed by atoms with Gasteiger partial charge in [-0.3, -0.25) is 0 Å². The maximum Gasteiger partial charge on any atom is 0.419 e. The van der Waals surface area contributed by atoms with Gasteiger partial charge in [-0.05, 0) is 45.0 Å². The van der Waals surface area contributed by atoms with E-state index >= 15 is 0 Å². The lowest BCUT2D eigenvalue weighted by molar-refractivity contribution is 0.0551. The molecule has 1 N–H and O–H groups in total. The Morgan fingerprint density at radius 1 is 1.00 bits per heavy atom. The first kappa shape index (κ1) is 15.1. The summed E-state index contributed by atoms with van der Waals surface area (Å²) in [5.41, 5.74) is 0.893. The van der Waals surface area contributed by atoms with Crippen LogP contribution >= 0.6 is 0 Å².